The predicted molar refractivity (Wildman–Crippen MR) is 52.9 cm³/mol. The lowest BCUT2D eigenvalue weighted by molar-refractivity contribution is 0.315. The molecule has 0 bridgehead atoms. The molecule has 1 unspecified atom stereocenters. The van der Waals surface area contributed by atoms with E-state index in [4.69, 9.17) is 11.3 Å². The summed E-state index contributed by atoms with van der Waals surface area (Å²) >= 11 is 0. The van der Waals surface area contributed by atoms with E-state index in [0.29, 0.717) is 11.3 Å². The van der Waals surface area contributed by atoms with Crippen LogP contribution < -0.4 is 4.74 Å². The molecule has 0 N–H and O–H groups in total. The molecule has 0 fully saturated rings. The standard InChI is InChI=1S/C11H12FNO/c1-13-8-7-10(12)9-5-3-4-6-11(9)14-2/h3-6,10H,7-8H2,2H3. The van der Waals surface area contributed by atoms with E-state index in [0.717, 1.165) is 0 Å². The highest BCUT2D eigenvalue weighted by Gasteiger charge is 2.15. The SMILES string of the molecule is [C-]#[N+]CCC(F)c1ccccc1OC. The highest BCUT2D eigenvalue weighted by atomic mass is 19.1. The molecule has 3 heteroatoms. The van der Waals surface area contributed by atoms with Gasteiger partial charge in [-0.15, -0.1) is 0 Å². The monoisotopic (exact) mass is 193 g/mol. The van der Waals surface area contributed by atoms with Crippen LogP contribution in [-0.2, 0) is 0 Å². The van der Waals surface area contributed by atoms with Crippen molar-refractivity contribution in [3.05, 3.63) is 41.2 Å². The molecule has 1 rings (SSSR count). The zero-order valence-corrected chi connectivity index (χ0v) is 8.03. The molecule has 0 radical (unpaired) electrons. The molecule has 1 aromatic carbocycles. The Bertz CT molecular complexity index is 332. The smallest absolute Gasteiger partial charge is 0.217 e. The quantitative estimate of drug-likeness (QED) is 0.670. The summed E-state index contributed by atoms with van der Waals surface area (Å²) in [6.07, 6.45) is -0.885. The van der Waals surface area contributed by atoms with Crippen LogP contribution in [0.1, 0.15) is 18.2 Å². The molecular weight excluding hydrogens is 181 g/mol. The maximum absolute atomic E-state index is 13.5. The van der Waals surface area contributed by atoms with Crippen LogP contribution in [0.4, 0.5) is 4.39 Å². The second-order valence-electron chi connectivity index (χ2n) is 2.88. The van der Waals surface area contributed by atoms with Gasteiger partial charge in [0.15, 0.2) is 0 Å². The van der Waals surface area contributed by atoms with Gasteiger partial charge in [0.05, 0.1) is 13.5 Å². The Kier molecular flexibility index (Phi) is 3.93. The summed E-state index contributed by atoms with van der Waals surface area (Å²) in [5.41, 5.74) is 0.527. The van der Waals surface area contributed by atoms with Crippen LogP contribution in [0.2, 0.25) is 0 Å². The number of hydrogen-bond acceptors (Lipinski definition) is 1. The lowest BCUT2D eigenvalue weighted by Gasteiger charge is -2.10. The highest BCUT2D eigenvalue weighted by molar-refractivity contribution is 5.35. The van der Waals surface area contributed by atoms with Crippen molar-refractivity contribution in [1.29, 1.82) is 0 Å². The Morgan fingerprint density at radius 2 is 2.21 bits per heavy atom. The molecule has 0 aliphatic rings. The van der Waals surface area contributed by atoms with Crippen molar-refractivity contribution < 1.29 is 9.13 Å². The zero-order chi connectivity index (χ0) is 10.4. The van der Waals surface area contributed by atoms with E-state index in [2.05, 4.69) is 4.85 Å². The lowest BCUT2D eigenvalue weighted by Crippen LogP contribution is -1.97. The number of hydrogen-bond donors (Lipinski definition) is 0. The molecule has 14 heavy (non-hydrogen) atoms. The maximum atomic E-state index is 13.5. The largest absolute Gasteiger partial charge is 0.496 e. The first kappa shape index (κ1) is 10.5. The summed E-state index contributed by atoms with van der Waals surface area (Å²) in [5.74, 6) is 0.546. The van der Waals surface area contributed by atoms with Crippen LogP contribution in [0, 0.1) is 6.57 Å². The third kappa shape index (κ3) is 2.46. The van der Waals surface area contributed by atoms with Crippen molar-refractivity contribution in [3.63, 3.8) is 0 Å². The van der Waals surface area contributed by atoms with Crippen LogP contribution >= 0.6 is 0 Å². The van der Waals surface area contributed by atoms with Gasteiger partial charge >= 0.3 is 0 Å². The number of nitrogens with zero attached hydrogens (tertiary/aromatic N) is 1. The number of ether oxygens (including phenoxy) is 1. The third-order valence-corrected chi connectivity index (χ3v) is 1.97. The fraction of sp³-hybridized carbons (Fsp3) is 0.364. The minimum absolute atomic E-state index is 0.208. The van der Waals surface area contributed by atoms with E-state index in [-0.39, 0.29) is 13.0 Å². The van der Waals surface area contributed by atoms with Gasteiger partial charge in [0.25, 0.3) is 0 Å². The molecule has 0 heterocycles. The van der Waals surface area contributed by atoms with Gasteiger partial charge in [-0.25, -0.2) is 11.0 Å². The van der Waals surface area contributed by atoms with Crippen molar-refractivity contribution in [1.82, 2.24) is 0 Å². The molecule has 0 aliphatic carbocycles. The Balaban J connectivity index is 2.78. The first-order chi connectivity index (χ1) is 6.79. The molecular formula is C11H12FNO. The molecule has 0 saturated carbocycles. The topological polar surface area (TPSA) is 13.6 Å². The first-order valence-corrected chi connectivity index (χ1v) is 4.39. The summed E-state index contributed by atoms with van der Waals surface area (Å²) < 4.78 is 18.6. The molecule has 0 spiro atoms. The average molecular weight is 193 g/mol. The molecule has 74 valence electrons. The Morgan fingerprint density at radius 3 is 2.86 bits per heavy atom. The highest BCUT2D eigenvalue weighted by Crippen LogP contribution is 2.29. The Hall–Kier alpha value is -1.56. The normalized spacial score (nSPS) is 11.8. The number of alkyl halides is 1. The number of halogens is 1. The summed E-state index contributed by atoms with van der Waals surface area (Å²) in [6, 6.07) is 6.97. The summed E-state index contributed by atoms with van der Waals surface area (Å²) in [4.78, 5) is 3.13. The van der Waals surface area contributed by atoms with Gasteiger partial charge < -0.3 is 9.58 Å². The van der Waals surface area contributed by atoms with Crippen LogP contribution in [-0.4, -0.2) is 13.7 Å². The fourth-order valence-corrected chi connectivity index (χ4v) is 1.26. The molecule has 0 saturated heterocycles. The van der Waals surface area contributed by atoms with Crippen LogP contribution in [0.5, 0.6) is 5.75 Å². The Morgan fingerprint density at radius 1 is 1.50 bits per heavy atom. The predicted octanol–water partition coefficient (Wildman–Crippen LogP) is 3.02. The van der Waals surface area contributed by atoms with E-state index < -0.39 is 6.17 Å². The molecule has 1 aromatic rings. The maximum Gasteiger partial charge on any atom is 0.217 e. The van der Waals surface area contributed by atoms with Crippen molar-refractivity contribution in [2.24, 2.45) is 0 Å². The molecule has 0 aliphatic heterocycles. The van der Waals surface area contributed by atoms with Crippen LogP contribution in [0.15, 0.2) is 24.3 Å². The number of para-hydroxylation sites is 1. The van der Waals surface area contributed by atoms with Gasteiger partial charge in [-0.2, -0.15) is 0 Å². The van der Waals surface area contributed by atoms with Crippen LogP contribution in [0.3, 0.4) is 0 Å². The van der Waals surface area contributed by atoms with Crippen LogP contribution in [0.25, 0.3) is 4.85 Å². The minimum atomic E-state index is -1.11. The van der Waals surface area contributed by atoms with Crippen molar-refractivity contribution >= 4 is 0 Å². The first-order valence-electron chi connectivity index (χ1n) is 4.39. The van der Waals surface area contributed by atoms with Crippen molar-refractivity contribution in [2.45, 2.75) is 12.6 Å². The average Bonchev–Trinajstić information content (AvgIpc) is 2.25. The second-order valence-corrected chi connectivity index (χ2v) is 2.88. The van der Waals surface area contributed by atoms with Gasteiger partial charge in [-0.1, -0.05) is 18.2 Å². The van der Waals surface area contributed by atoms with E-state index in [1.165, 1.54) is 7.11 Å². The fourth-order valence-electron chi connectivity index (χ4n) is 1.26. The molecule has 2 nitrogen and oxygen atoms in total. The third-order valence-electron chi connectivity index (χ3n) is 1.97. The Labute approximate surface area is 83.1 Å². The zero-order valence-electron chi connectivity index (χ0n) is 8.03. The molecule has 0 amide bonds. The summed E-state index contributed by atoms with van der Waals surface area (Å²) in [6.45, 7) is 6.79. The number of rotatable bonds is 4. The molecule has 0 aromatic heterocycles. The second kappa shape index (κ2) is 5.23. The minimum Gasteiger partial charge on any atom is -0.496 e. The van der Waals surface area contributed by atoms with E-state index in [1.807, 2.05) is 0 Å². The van der Waals surface area contributed by atoms with Gasteiger partial charge in [0.2, 0.25) is 6.54 Å². The molecule has 1 atom stereocenters. The van der Waals surface area contributed by atoms with E-state index >= 15 is 0 Å². The van der Waals surface area contributed by atoms with E-state index in [9.17, 15) is 4.39 Å². The van der Waals surface area contributed by atoms with Gasteiger partial charge in [-0.3, -0.25) is 0 Å². The van der Waals surface area contributed by atoms with Gasteiger partial charge in [0, 0.05) is 5.56 Å². The lowest BCUT2D eigenvalue weighted by atomic mass is 10.1. The van der Waals surface area contributed by atoms with Crippen molar-refractivity contribution in [2.75, 3.05) is 13.7 Å². The number of methoxy groups -OCH3 is 1. The van der Waals surface area contributed by atoms with E-state index in [1.54, 1.807) is 24.3 Å². The number of benzene rings is 1. The summed E-state index contributed by atoms with van der Waals surface area (Å²) in [7, 11) is 1.51. The van der Waals surface area contributed by atoms with Gasteiger partial charge in [-0.05, 0) is 6.07 Å². The summed E-state index contributed by atoms with van der Waals surface area (Å²) in [5, 5.41) is 0. The van der Waals surface area contributed by atoms with Gasteiger partial charge in [0.1, 0.15) is 11.9 Å². The van der Waals surface area contributed by atoms with Crippen molar-refractivity contribution in [3.8, 4) is 5.75 Å².